The Morgan fingerprint density at radius 3 is 2.62 bits per heavy atom. The number of phosphoric acid groups is 1. The Bertz CT molecular complexity index is 429. The first-order valence-corrected chi connectivity index (χ1v) is 5.85. The van der Waals surface area contributed by atoms with E-state index in [9.17, 15) is 9.67 Å². The molecule has 0 aliphatic rings. The van der Waals surface area contributed by atoms with Crippen LogP contribution in [0.2, 0.25) is 0 Å². The van der Waals surface area contributed by atoms with Crippen LogP contribution in [-0.4, -0.2) is 25.0 Å². The average molecular weight is 249 g/mol. The molecule has 0 aliphatic heterocycles. The number of phosphoric ester groups is 1. The van der Waals surface area contributed by atoms with E-state index in [0.29, 0.717) is 5.69 Å². The zero-order valence-electron chi connectivity index (χ0n) is 8.49. The standard InChI is InChI=1S/C8H12NO6P/c1-5-8(11)7(4-15-16(12,13)14)6(3-10)2-9-5/h2,10-11H,3-4H2,1H3,(H2,12,13,14). The third-order valence-corrected chi connectivity index (χ3v) is 2.44. The van der Waals surface area contributed by atoms with Gasteiger partial charge in [0, 0.05) is 17.3 Å². The van der Waals surface area contributed by atoms with E-state index in [4.69, 9.17) is 14.9 Å². The van der Waals surface area contributed by atoms with Gasteiger partial charge in [-0.3, -0.25) is 9.51 Å². The predicted octanol–water partition coefficient (Wildman–Crippen LogP) is 0.197. The molecule has 0 spiro atoms. The summed E-state index contributed by atoms with van der Waals surface area (Å²) in [5.41, 5.74) is 0.677. The minimum Gasteiger partial charge on any atom is -0.506 e. The largest absolute Gasteiger partial charge is 0.506 e. The van der Waals surface area contributed by atoms with Crippen molar-refractivity contribution in [2.75, 3.05) is 0 Å². The van der Waals surface area contributed by atoms with Gasteiger partial charge in [-0.25, -0.2) is 4.57 Å². The molecule has 0 saturated carbocycles. The summed E-state index contributed by atoms with van der Waals surface area (Å²) < 4.78 is 14.8. The maximum Gasteiger partial charge on any atom is 0.469 e. The Kier molecular flexibility index (Phi) is 4.01. The fraction of sp³-hybridized carbons (Fsp3) is 0.375. The van der Waals surface area contributed by atoms with Gasteiger partial charge in [0.15, 0.2) is 0 Å². The van der Waals surface area contributed by atoms with Crippen molar-refractivity contribution >= 4 is 7.82 Å². The highest BCUT2D eigenvalue weighted by atomic mass is 31.2. The van der Waals surface area contributed by atoms with Crippen LogP contribution >= 0.6 is 7.82 Å². The lowest BCUT2D eigenvalue weighted by Gasteiger charge is -2.11. The van der Waals surface area contributed by atoms with Crippen molar-refractivity contribution in [3.63, 3.8) is 0 Å². The van der Waals surface area contributed by atoms with E-state index in [-0.39, 0.29) is 16.9 Å². The second-order valence-corrected chi connectivity index (χ2v) is 4.36. The smallest absolute Gasteiger partial charge is 0.469 e. The van der Waals surface area contributed by atoms with E-state index >= 15 is 0 Å². The molecule has 0 unspecified atom stereocenters. The van der Waals surface area contributed by atoms with Gasteiger partial charge < -0.3 is 20.0 Å². The van der Waals surface area contributed by atoms with E-state index in [0.717, 1.165) is 0 Å². The van der Waals surface area contributed by atoms with Gasteiger partial charge in [-0.15, -0.1) is 0 Å². The molecular formula is C8H12NO6P. The Hall–Kier alpha value is -0.980. The van der Waals surface area contributed by atoms with Crippen LogP contribution in [0.1, 0.15) is 16.8 Å². The lowest BCUT2D eigenvalue weighted by atomic mass is 10.1. The number of aromatic hydroxyl groups is 1. The van der Waals surface area contributed by atoms with Gasteiger partial charge >= 0.3 is 7.82 Å². The van der Waals surface area contributed by atoms with Crippen LogP contribution < -0.4 is 0 Å². The lowest BCUT2D eigenvalue weighted by molar-refractivity contribution is 0.184. The Balaban J connectivity index is 3.01. The highest BCUT2D eigenvalue weighted by Crippen LogP contribution is 2.38. The third kappa shape index (κ3) is 3.26. The zero-order chi connectivity index (χ0) is 12.3. The van der Waals surface area contributed by atoms with Crippen LogP contribution in [0, 0.1) is 6.92 Å². The van der Waals surface area contributed by atoms with Crippen LogP contribution in [0.4, 0.5) is 0 Å². The number of pyridine rings is 1. The average Bonchev–Trinajstić information content (AvgIpc) is 2.19. The van der Waals surface area contributed by atoms with E-state index in [1.54, 1.807) is 0 Å². The zero-order valence-corrected chi connectivity index (χ0v) is 9.39. The number of aliphatic hydroxyl groups is 1. The van der Waals surface area contributed by atoms with Crippen LogP contribution in [0.25, 0.3) is 0 Å². The van der Waals surface area contributed by atoms with E-state index < -0.39 is 21.0 Å². The van der Waals surface area contributed by atoms with Gasteiger partial charge in [-0.2, -0.15) is 0 Å². The van der Waals surface area contributed by atoms with E-state index in [2.05, 4.69) is 9.51 Å². The molecule has 0 bridgehead atoms. The first-order valence-electron chi connectivity index (χ1n) is 4.32. The molecule has 0 aromatic carbocycles. The molecule has 4 N–H and O–H groups in total. The molecule has 0 amide bonds. The second kappa shape index (κ2) is 4.90. The molecular weight excluding hydrogens is 237 g/mol. The molecule has 0 fully saturated rings. The van der Waals surface area contributed by atoms with Crippen molar-refractivity contribution in [2.24, 2.45) is 0 Å². The third-order valence-electron chi connectivity index (χ3n) is 1.98. The summed E-state index contributed by atoms with van der Waals surface area (Å²) in [4.78, 5) is 20.9. The molecule has 0 saturated heterocycles. The molecule has 1 aromatic rings. The summed E-state index contributed by atoms with van der Waals surface area (Å²) in [6.07, 6.45) is 1.31. The monoisotopic (exact) mass is 249 g/mol. The van der Waals surface area contributed by atoms with Gasteiger partial charge in [0.25, 0.3) is 0 Å². The number of aryl methyl sites for hydroxylation is 1. The molecule has 1 aromatic heterocycles. The van der Waals surface area contributed by atoms with Crippen LogP contribution in [-0.2, 0) is 22.3 Å². The number of rotatable bonds is 4. The summed E-state index contributed by atoms with van der Waals surface area (Å²) in [5, 5.41) is 18.6. The highest BCUT2D eigenvalue weighted by molar-refractivity contribution is 7.46. The van der Waals surface area contributed by atoms with E-state index in [1.807, 2.05) is 0 Å². The van der Waals surface area contributed by atoms with Crippen molar-refractivity contribution in [1.29, 1.82) is 0 Å². The maximum absolute atomic E-state index is 10.5. The van der Waals surface area contributed by atoms with Crippen molar-refractivity contribution in [3.8, 4) is 5.75 Å². The Morgan fingerprint density at radius 2 is 2.12 bits per heavy atom. The number of hydrogen-bond acceptors (Lipinski definition) is 5. The quantitative estimate of drug-likeness (QED) is 0.562. The Morgan fingerprint density at radius 1 is 1.50 bits per heavy atom. The van der Waals surface area contributed by atoms with Gasteiger partial charge in [0.05, 0.1) is 18.9 Å². The second-order valence-electron chi connectivity index (χ2n) is 3.12. The summed E-state index contributed by atoms with van der Waals surface area (Å²) in [5.74, 6) is -0.236. The maximum atomic E-state index is 10.5. The first kappa shape index (κ1) is 13.1. The minimum absolute atomic E-state index is 0.123. The molecule has 7 nitrogen and oxygen atoms in total. The molecule has 90 valence electrons. The van der Waals surface area contributed by atoms with Crippen LogP contribution in [0.15, 0.2) is 6.20 Å². The van der Waals surface area contributed by atoms with Crippen molar-refractivity contribution in [3.05, 3.63) is 23.0 Å². The molecule has 8 heteroatoms. The highest BCUT2D eigenvalue weighted by Gasteiger charge is 2.18. The fourth-order valence-electron chi connectivity index (χ4n) is 1.13. The summed E-state index contributed by atoms with van der Waals surface area (Å²) in [6.45, 7) is 0.632. The van der Waals surface area contributed by atoms with Gasteiger partial charge in [0.2, 0.25) is 0 Å². The first-order chi connectivity index (χ1) is 7.35. The van der Waals surface area contributed by atoms with Crippen LogP contribution in [0.5, 0.6) is 5.75 Å². The minimum atomic E-state index is -4.61. The lowest BCUT2D eigenvalue weighted by Crippen LogP contribution is -2.00. The van der Waals surface area contributed by atoms with Gasteiger partial charge in [-0.1, -0.05) is 0 Å². The van der Waals surface area contributed by atoms with Crippen molar-refractivity contribution in [2.45, 2.75) is 20.1 Å². The molecule has 0 aliphatic carbocycles. The summed E-state index contributed by atoms with van der Waals surface area (Å²) in [7, 11) is -4.61. The Labute approximate surface area is 91.6 Å². The fourth-order valence-corrected chi connectivity index (χ4v) is 1.43. The van der Waals surface area contributed by atoms with Gasteiger partial charge in [-0.05, 0) is 6.92 Å². The molecule has 0 atom stereocenters. The summed E-state index contributed by atoms with van der Waals surface area (Å²) >= 11 is 0. The molecule has 0 radical (unpaired) electrons. The molecule has 1 rings (SSSR count). The molecule has 1 heterocycles. The number of hydrogen-bond donors (Lipinski definition) is 4. The van der Waals surface area contributed by atoms with Crippen molar-refractivity contribution < 1.29 is 29.1 Å². The summed E-state index contributed by atoms with van der Waals surface area (Å²) in [6, 6.07) is 0. The number of nitrogens with zero attached hydrogens (tertiary/aromatic N) is 1. The molecule has 16 heavy (non-hydrogen) atoms. The topological polar surface area (TPSA) is 120 Å². The number of aromatic nitrogens is 1. The number of aliphatic hydroxyl groups excluding tert-OH is 1. The van der Waals surface area contributed by atoms with Gasteiger partial charge in [0.1, 0.15) is 5.75 Å². The van der Waals surface area contributed by atoms with Crippen molar-refractivity contribution in [1.82, 2.24) is 4.98 Å². The van der Waals surface area contributed by atoms with Crippen LogP contribution in [0.3, 0.4) is 0 Å². The normalized spacial score (nSPS) is 11.8. The van der Waals surface area contributed by atoms with E-state index in [1.165, 1.54) is 13.1 Å². The predicted molar refractivity (Wildman–Crippen MR) is 53.4 cm³/mol. The SMILES string of the molecule is Cc1ncc(CO)c(COP(=O)(O)O)c1O.